The van der Waals surface area contributed by atoms with E-state index in [9.17, 15) is 4.79 Å². The number of aromatic nitrogens is 2. The molecule has 4 aliphatic rings. The van der Waals surface area contributed by atoms with Crippen molar-refractivity contribution in [2.24, 2.45) is 5.92 Å². The number of carbonyl (C=O) groups excluding carboxylic acids is 1. The second-order valence-corrected chi connectivity index (χ2v) is 11.3. The molecule has 0 bridgehead atoms. The quantitative estimate of drug-likeness (QED) is 0.707. The molecule has 192 valence electrons. The topological polar surface area (TPSA) is 81.8 Å². The number of nitrogens with zero attached hydrogens (tertiary/aromatic N) is 6. The first-order chi connectivity index (χ1) is 17.4. The van der Waals surface area contributed by atoms with Crippen LogP contribution in [0.25, 0.3) is 0 Å². The van der Waals surface area contributed by atoms with Gasteiger partial charge in [0.05, 0.1) is 0 Å². The molecular formula is C28H39N7O. The summed E-state index contributed by atoms with van der Waals surface area (Å²) in [5.41, 5.74) is 10.4. The Morgan fingerprint density at radius 2 is 1.64 bits per heavy atom. The van der Waals surface area contributed by atoms with Crippen LogP contribution < -0.4 is 15.5 Å². The highest BCUT2D eigenvalue weighted by Crippen LogP contribution is 2.36. The Morgan fingerprint density at radius 3 is 2.36 bits per heavy atom. The number of hydrogen-bond donors (Lipinski definition) is 1. The van der Waals surface area contributed by atoms with Crippen molar-refractivity contribution >= 4 is 23.5 Å². The molecule has 1 aromatic carbocycles. The average molecular weight is 490 g/mol. The Balaban J connectivity index is 1.18. The predicted molar refractivity (Wildman–Crippen MR) is 143 cm³/mol. The van der Waals surface area contributed by atoms with Gasteiger partial charge in [0.25, 0.3) is 0 Å². The lowest BCUT2D eigenvalue weighted by atomic mass is 9.85. The largest absolute Gasteiger partial charge is 0.368 e. The molecule has 1 saturated carbocycles. The van der Waals surface area contributed by atoms with Crippen molar-refractivity contribution in [2.75, 3.05) is 61.8 Å². The number of benzene rings is 1. The number of hydrogen-bond acceptors (Lipinski definition) is 7. The fraction of sp³-hybridized carbons (Fsp3) is 0.607. The Bertz CT molecular complexity index is 1120. The predicted octanol–water partition coefficient (Wildman–Crippen LogP) is 2.88. The molecule has 2 N–H and O–H groups in total. The second-order valence-electron chi connectivity index (χ2n) is 11.3. The third kappa shape index (κ3) is 4.75. The van der Waals surface area contributed by atoms with Gasteiger partial charge in [-0.3, -0.25) is 4.79 Å². The third-order valence-electron chi connectivity index (χ3n) is 8.66. The zero-order valence-corrected chi connectivity index (χ0v) is 21.7. The first-order valence-corrected chi connectivity index (χ1v) is 13.7. The number of nitrogens with two attached hydrogens (primary N) is 1. The molecule has 2 saturated heterocycles. The molecule has 1 aromatic heterocycles. The van der Waals surface area contributed by atoms with Crippen molar-refractivity contribution in [1.29, 1.82) is 0 Å². The van der Waals surface area contributed by atoms with Gasteiger partial charge in [0.1, 0.15) is 11.6 Å². The molecule has 8 heteroatoms. The Morgan fingerprint density at radius 1 is 0.917 bits per heavy atom. The van der Waals surface area contributed by atoms with E-state index in [4.69, 9.17) is 5.73 Å². The lowest BCUT2D eigenvalue weighted by molar-refractivity contribution is -0.133. The fourth-order valence-corrected chi connectivity index (χ4v) is 6.13. The van der Waals surface area contributed by atoms with Gasteiger partial charge in [0, 0.05) is 63.8 Å². The Hall–Kier alpha value is -2.87. The van der Waals surface area contributed by atoms with Crippen molar-refractivity contribution < 1.29 is 4.79 Å². The number of fused-ring (bicyclic) bond motifs is 1. The molecule has 0 radical (unpaired) electrons. The van der Waals surface area contributed by atoms with Crippen LogP contribution in [0.15, 0.2) is 24.3 Å². The van der Waals surface area contributed by atoms with Gasteiger partial charge in [-0.15, -0.1) is 0 Å². The summed E-state index contributed by atoms with van der Waals surface area (Å²) in [6.07, 6.45) is 5.31. The smallest absolute Gasteiger partial charge is 0.225 e. The highest BCUT2D eigenvalue weighted by Gasteiger charge is 2.35. The van der Waals surface area contributed by atoms with Crippen LogP contribution in [-0.4, -0.2) is 78.0 Å². The summed E-state index contributed by atoms with van der Waals surface area (Å²) in [4.78, 5) is 30.9. The molecule has 0 spiro atoms. The Labute approximate surface area is 214 Å². The summed E-state index contributed by atoms with van der Waals surface area (Å²) in [6, 6.07) is 9.56. The maximum Gasteiger partial charge on any atom is 0.225 e. The van der Waals surface area contributed by atoms with E-state index in [2.05, 4.69) is 67.8 Å². The zero-order valence-electron chi connectivity index (χ0n) is 21.7. The van der Waals surface area contributed by atoms with E-state index in [1.165, 1.54) is 16.7 Å². The van der Waals surface area contributed by atoms with E-state index < -0.39 is 0 Å². The van der Waals surface area contributed by atoms with E-state index in [1.807, 2.05) is 0 Å². The van der Waals surface area contributed by atoms with Gasteiger partial charge in [-0.2, -0.15) is 9.97 Å². The molecule has 1 atom stereocenters. The van der Waals surface area contributed by atoms with E-state index in [-0.39, 0.29) is 0 Å². The summed E-state index contributed by atoms with van der Waals surface area (Å²) in [5.74, 6) is 3.46. The Kier molecular flexibility index (Phi) is 6.23. The monoisotopic (exact) mass is 489 g/mol. The van der Waals surface area contributed by atoms with Crippen LogP contribution in [0.3, 0.4) is 0 Å². The van der Waals surface area contributed by atoms with Gasteiger partial charge in [-0.05, 0) is 68.7 Å². The van der Waals surface area contributed by atoms with Gasteiger partial charge in [-0.25, -0.2) is 0 Å². The van der Waals surface area contributed by atoms with Crippen LogP contribution in [0.5, 0.6) is 0 Å². The van der Waals surface area contributed by atoms with Gasteiger partial charge in [-0.1, -0.05) is 18.2 Å². The number of nitrogen functional groups attached to an aromatic ring is 1. The highest BCUT2D eigenvalue weighted by atomic mass is 16.2. The van der Waals surface area contributed by atoms with Crippen LogP contribution in [0.4, 0.5) is 17.6 Å². The molecule has 36 heavy (non-hydrogen) atoms. The van der Waals surface area contributed by atoms with Crippen molar-refractivity contribution in [2.45, 2.75) is 57.5 Å². The maximum absolute atomic E-state index is 12.5. The summed E-state index contributed by atoms with van der Waals surface area (Å²) in [6.45, 7) is 8.88. The van der Waals surface area contributed by atoms with E-state index in [0.29, 0.717) is 29.7 Å². The van der Waals surface area contributed by atoms with Crippen molar-refractivity contribution in [1.82, 2.24) is 19.8 Å². The van der Waals surface area contributed by atoms with E-state index in [1.54, 1.807) is 0 Å². The van der Waals surface area contributed by atoms with Crippen LogP contribution in [0.1, 0.15) is 55.2 Å². The molecule has 4 heterocycles. The fourth-order valence-electron chi connectivity index (χ4n) is 6.13. The van der Waals surface area contributed by atoms with Crippen molar-refractivity contribution in [3.8, 4) is 0 Å². The van der Waals surface area contributed by atoms with Gasteiger partial charge in [0.15, 0.2) is 0 Å². The summed E-state index contributed by atoms with van der Waals surface area (Å²) >= 11 is 0. The van der Waals surface area contributed by atoms with E-state index >= 15 is 0 Å². The summed E-state index contributed by atoms with van der Waals surface area (Å²) in [7, 11) is 2.16. The van der Waals surface area contributed by atoms with Crippen LogP contribution >= 0.6 is 0 Å². The molecule has 6 rings (SSSR count). The first kappa shape index (κ1) is 23.5. The maximum atomic E-state index is 12.5. The summed E-state index contributed by atoms with van der Waals surface area (Å²) < 4.78 is 0. The molecule has 2 aromatic rings. The number of likely N-dealkylation sites (tertiary alicyclic amines) is 1. The van der Waals surface area contributed by atoms with Gasteiger partial charge >= 0.3 is 0 Å². The standard InChI is InChI=1S/C28H39N7O/c1-19-15-22-5-6-23(20-7-9-34(10-8-20)27(36)21-3-4-21)16-24(22)18-35(19)26-17-25(30-28(29)31-26)33-13-11-32(2)12-14-33/h5-6,16-17,19-21H,3-4,7-15,18H2,1-2H3,(H2,29,30,31). The first-order valence-electron chi connectivity index (χ1n) is 13.7. The number of anilines is 3. The van der Waals surface area contributed by atoms with Gasteiger partial charge < -0.3 is 25.3 Å². The number of piperidine rings is 1. The van der Waals surface area contributed by atoms with Gasteiger partial charge in [0.2, 0.25) is 11.9 Å². The van der Waals surface area contributed by atoms with Crippen LogP contribution in [0.2, 0.25) is 0 Å². The molecule has 1 unspecified atom stereocenters. The number of rotatable bonds is 4. The second kappa shape index (κ2) is 9.54. The normalized spacial score (nSPS) is 23.6. The molecule has 8 nitrogen and oxygen atoms in total. The lowest BCUT2D eigenvalue weighted by Gasteiger charge is -2.38. The number of amides is 1. The number of piperazine rings is 1. The van der Waals surface area contributed by atoms with Crippen LogP contribution in [0, 0.1) is 5.92 Å². The van der Waals surface area contributed by atoms with Crippen molar-refractivity contribution in [3.05, 3.63) is 41.0 Å². The minimum Gasteiger partial charge on any atom is -0.368 e. The zero-order chi connectivity index (χ0) is 24.8. The minimum absolute atomic E-state index is 0.325. The summed E-state index contributed by atoms with van der Waals surface area (Å²) in [5, 5.41) is 0. The third-order valence-corrected chi connectivity index (χ3v) is 8.66. The molecule has 1 amide bonds. The van der Waals surface area contributed by atoms with Crippen molar-refractivity contribution in [3.63, 3.8) is 0 Å². The highest BCUT2D eigenvalue weighted by molar-refractivity contribution is 5.81. The van der Waals surface area contributed by atoms with Crippen LogP contribution in [-0.2, 0) is 17.8 Å². The molecule has 1 aliphatic carbocycles. The van der Waals surface area contributed by atoms with E-state index in [0.717, 1.165) is 89.6 Å². The lowest BCUT2D eigenvalue weighted by Crippen LogP contribution is -2.45. The minimum atomic E-state index is 0.325. The number of likely N-dealkylation sites (N-methyl/N-ethyl adjacent to an activating group) is 1. The average Bonchev–Trinajstić information content (AvgIpc) is 3.73. The molecule has 3 fully saturated rings. The number of carbonyl (C=O) groups is 1. The molecular weight excluding hydrogens is 450 g/mol. The molecule has 3 aliphatic heterocycles. The SMILES string of the molecule is CC1Cc2ccc(C3CCN(C(=O)C4CC4)CC3)cc2CN1c1cc(N2CCN(C)CC2)nc(N)n1.